The normalized spacial score (nSPS) is 12.0. The molecule has 6 heteroatoms. The number of halogens is 2. The summed E-state index contributed by atoms with van der Waals surface area (Å²) in [4.78, 5) is 6.14. The first kappa shape index (κ1) is 16.2. The molecular formula is C16H19F2N3O. The van der Waals surface area contributed by atoms with Gasteiger partial charge >= 0.3 is 0 Å². The van der Waals surface area contributed by atoms with Gasteiger partial charge in [0.2, 0.25) is 0 Å². The third-order valence-corrected chi connectivity index (χ3v) is 3.42. The Labute approximate surface area is 128 Å². The summed E-state index contributed by atoms with van der Waals surface area (Å²) >= 11 is 0. The molecule has 2 aromatic rings. The molecule has 22 heavy (non-hydrogen) atoms. The number of aromatic nitrogens is 1. The van der Waals surface area contributed by atoms with E-state index in [1.165, 1.54) is 12.1 Å². The number of benzene rings is 1. The Morgan fingerprint density at radius 3 is 2.64 bits per heavy atom. The van der Waals surface area contributed by atoms with E-state index in [1.54, 1.807) is 19.2 Å². The lowest BCUT2D eigenvalue weighted by molar-refractivity contribution is 0.304. The standard InChI is InChI=1S/C16H19F2N3O/c1-11(14-5-3-12(17)9-15(14)18)20-16-6-4-13(10-19-16)21(2)7-8-22/h3-6,9-11,22H,7-8H2,1-2H3,(H,19,20). The first-order valence-electron chi connectivity index (χ1n) is 7.01. The van der Waals surface area contributed by atoms with Gasteiger partial charge in [0.1, 0.15) is 17.5 Å². The minimum absolute atomic E-state index is 0.0668. The van der Waals surface area contributed by atoms with Crippen LogP contribution in [0.25, 0.3) is 0 Å². The van der Waals surface area contributed by atoms with Crippen molar-refractivity contribution in [3.8, 4) is 0 Å². The molecule has 0 fully saturated rings. The lowest BCUT2D eigenvalue weighted by Crippen LogP contribution is -2.21. The van der Waals surface area contributed by atoms with Gasteiger partial charge in [-0.05, 0) is 25.1 Å². The number of hydrogen-bond acceptors (Lipinski definition) is 4. The van der Waals surface area contributed by atoms with Crippen LogP contribution in [0.3, 0.4) is 0 Å². The van der Waals surface area contributed by atoms with Gasteiger partial charge < -0.3 is 15.3 Å². The Morgan fingerprint density at radius 2 is 2.05 bits per heavy atom. The van der Waals surface area contributed by atoms with E-state index in [-0.39, 0.29) is 12.6 Å². The van der Waals surface area contributed by atoms with Crippen LogP contribution in [0.15, 0.2) is 36.5 Å². The molecule has 2 N–H and O–H groups in total. The van der Waals surface area contributed by atoms with Crippen molar-refractivity contribution in [1.82, 2.24) is 4.98 Å². The molecule has 0 saturated heterocycles. The third kappa shape index (κ3) is 3.92. The molecule has 0 bridgehead atoms. The second kappa shape index (κ2) is 7.17. The number of anilines is 2. The number of nitrogens with one attached hydrogen (secondary N) is 1. The summed E-state index contributed by atoms with van der Waals surface area (Å²) in [6.45, 7) is 2.37. The van der Waals surface area contributed by atoms with Gasteiger partial charge in [0.05, 0.1) is 24.5 Å². The van der Waals surface area contributed by atoms with E-state index in [1.807, 2.05) is 18.0 Å². The highest BCUT2D eigenvalue weighted by atomic mass is 19.1. The first-order valence-corrected chi connectivity index (χ1v) is 7.01. The van der Waals surface area contributed by atoms with Gasteiger partial charge in [-0.3, -0.25) is 0 Å². The van der Waals surface area contributed by atoms with Crippen LogP contribution in [0.1, 0.15) is 18.5 Å². The summed E-state index contributed by atoms with van der Waals surface area (Å²) < 4.78 is 26.7. The molecule has 0 saturated carbocycles. The van der Waals surface area contributed by atoms with Gasteiger partial charge in [-0.2, -0.15) is 0 Å². The number of likely N-dealkylation sites (N-methyl/N-ethyl adjacent to an activating group) is 1. The summed E-state index contributed by atoms with van der Waals surface area (Å²) in [6, 6.07) is 6.82. The highest BCUT2D eigenvalue weighted by Crippen LogP contribution is 2.22. The maximum absolute atomic E-state index is 13.7. The van der Waals surface area contributed by atoms with E-state index in [0.29, 0.717) is 17.9 Å². The van der Waals surface area contributed by atoms with Crippen molar-refractivity contribution in [3.05, 3.63) is 53.7 Å². The lowest BCUT2D eigenvalue weighted by atomic mass is 10.1. The topological polar surface area (TPSA) is 48.4 Å². The van der Waals surface area contributed by atoms with Gasteiger partial charge in [-0.15, -0.1) is 0 Å². The van der Waals surface area contributed by atoms with Gasteiger partial charge in [0, 0.05) is 25.2 Å². The third-order valence-electron chi connectivity index (χ3n) is 3.42. The molecule has 0 spiro atoms. The minimum Gasteiger partial charge on any atom is -0.395 e. The molecule has 0 aliphatic heterocycles. The van der Waals surface area contributed by atoms with Crippen molar-refractivity contribution in [2.45, 2.75) is 13.0 Å². The van der Waals surface area contributed by atoms with E-state index < -0.39 is 11.6 Å². The molecule has 1 aromatic heterocycles. The van der Waals surface area contributed by atoms with Crippen molar-refractivity contribution in [2.75, 3.05) is 30.4 Å². The Kier molecular flexibility index (Phi) is 5.27. The van der Waals surface area contributed by atoms with Crippen LogP contribution in [0.4, 0.5) is 20.3 Å². The van der Waals surface area contributed by atoms with Crippen LogP contribution in [-0.2, 0) is 0 Å². The van der Waals surface area contributed by atoms with Crippen LogP contribution in [0, 0.1) is 11.6 Å². The predicted octanol–water partition coefficient (Wildman–Crippen LogP) is 2.96. The highest BCUT2D eigenvalue weighted by Gasteiger charge is 2.12. The molecule has 0 aliphatic carbocycles. The summed E-state index contributed by atoms with van der Waals surface area (Å²) in [5.41, 5.74) is 1.25. The van der Waals surface area contributed by atoms with Crippen LogP contribution < -0.4 is 10.2 Å². The quantitative estimate of drug-likeness (QED) is 0.861. The SMILES string of the molecule is CC(Nc1ccc(N(C)CCO)cn1)c1ccc(F)cc1F. The van der Waals surface area contributed by atoms with E-state index in [4.69, 9.17) is 5.11 Å². The van der Waals surface area contributed by atoms with Crippen LogP contribution in [0.2, 0.25) is 0 Å². The van der Waals surface area contributed by atoms with Crippen LogP contribution in [0.5, 0.6) is 0 Å². The molecule has 1 heterocycles. The Bertz CT molecular complexity index is 619. The van der Waals surface area contributed by atoms with Crippen molar-refractivity contribution < 1.29 is 13.9 Å². The highest BCUT2D eigenvalue weighted by molar-refractivity contribution is 5.49. The summed E-state index contributed by atoms with van der Waals surface area (Å²) in [6.07, 6.45) is 1.67. The predicted molar refractivity (Wildman–Crippen MR) is 83.0 cm³/mol. The van der Waals surface area contributed by atoms with Gasteiger partial charge in [0.15, 0.2) is 0 Å². The largest absolute Gasteiger partial charge is 0.395 e. The Balaban J connectivity index is 2.07. The summed E-state index contributed by atoms with van der Waals surface area (Å²) in [7, 11) is 1.86. The number of aliphatic hydroxyl groups is 1. The van der Waals surface area contributed by atoms with Gasteiger partial charge in [-0.1, -0.05) is 6.07 Å². The number of aliphatic hydroxyl groups excluding tert-OH is 1. The van der Waals surface area contributed by atoms with Crippen LogP contribution in [-0.4, -0.2) is 30.3 Å². The van der Waals surface area contributed by atoms with Crippen molar-refractivity contribution in [1.29, 1.82) is 0 Å². The van der Waals surface area contributed by atoms with E-state index in [0.717, 1.165) is 11.8 Å². The molecular weight excluding hydrogens is 288 g/mol. The lowest BCUT2D eigenvalue weighted by Gasteiger charge is -2.19. The number of rotatable bonds is 6. The summed E-state index contributed by atoms with van der Waals surface area (Å²) in [5, 5.41) is 12.0. The summed E-state index contributed by atoms with van der Waals surface area (Å²) in [5.74, 6) is -0.584. The second-order valence-electron chi connectivity index (χ2n) is 5.08. The van der Waals surface area contributed by atoms with E-state index in [9.17, 15) is 8.78 Å². The molecule has 0 amide bonds. The maximum Gasteiger partial charge on any atom is 0.131 e. The second-order valence-corrected chi connectivity index (χ2v) is 5.08. The zero-order valence-electron chi connectivity index (χ0n) is 12.6. The number of hydrogen-bond donors (Lipinski definition) is 2. The average molecular weight is 307 g/mol. The average Bonchev–Trinajstić information content (AvgIpc) is 2.48. The van der Waals surface area contributed by atoms with Gasteiger partial charge in [-0.25, -0.2) is 13.8 Å². The fraction of sp³-hybridized carbons (Fsp3) is 0.312. The number of pyridine rings is 1. The fourth-order valence-corrected chi connectivity index (χ4v) is 2.13. The molecule has 0 aliphatic rings. The maximum atomic E-state index is 13.7. The van der Waals surface area contributed by atoms with Crippen molar-refractivity contribution in [3.63, 3.8) is 0 Å². The monoisotopic (exact) mass is 307 g/mol. The number of nitrogens with zero attached hydrogens (tertiary/aromatic N) is 2. The molecule has 1 unspecified atom stereocenters. The fourth-order valence-electron chi connectivity index (χ4n) is 2.13. The zero-order chi connectivity index (χ0) is 16.1. The molecule has 1 aromatic carbocycles. The minimum atomic E-state index is -0.595. The zero-order valence-corrected chi connectivity index (χ0v) is 12.6. The molecule has 0 radical (unpaired) electrons. The van der Waals surface area contributed by atoms with Crippen LogP contribution >= 0.6 is 0 Å². The Morgan fingerprint density at radius 1 is 1.27 bits per heavy atom. The van der Waals surface area contributed by atoms with E-state index >= 15 is 0 Å². The smallest absolute Gasteiger partial charge is 0.131 e. The molecule has 118 valence electrons. The van der Waals surface area contributed by atoms with E-state index in [2.05, 4.69) is 10.3 Å². The van der Waals surface area contributed by atoms with Crippen molar-refractivity contribution >= 4 is 11.5 Å². The Hall–Kier alpha value is -2.21. The van der Waals surface area contributed by atoms with Gasteiger partial charge in [0.25, 0.3) is 0 Å². The molecule has 2 rings (SSSR count). The molecule has 1 atom stereocenters. The first-order chi connectivity index (χ1) is 10.5. The molecule has 4 nitrogen and oxygen atoms in total. The van der Waals surface area contributed by atoms with Crippen molar-refractivity contribution in [2.24, 2.45) is 0 Å².